The van der Waals surface area contributed by atoms with Gasteiger partial charge in [-0.1, -0.05) is 0 Å². The SMILES string of the molecule is O=C(O)C(=CC(F)(C(F)F)C(F)(F)F)C(F)(C(F)F)C(F)(F)F. The quantitative estimate of drug-likeness (QED) is 0.584. The fourth-order valence-corrected chi connectivity index (χ4v) is 1.19. The molecule has 2 atom stereocenters. The molecule has 0 aromatic rings. The van der Waals surface area contributed by atoms with Gasteiger partial charge >= 0.3 is 18.3 Å². The van der Waals surface area contributed by atoms with Gasteiger partial charge in [-0.05, 0) is 6.08 Å². The van der Waals surface area contributed by atoms with Crippen molar-refractivity contribution in [3.05, 3.63) is 11.6 Å². The van der Waals surface area contributed by atoms with Crippen molar-refractivity contribution in [3.8, 4) is 0 Å². The van der Waals surface area contributed by atoms with Gasteiger partial charge in [0.25, 0.3) is 24.2 Å². The molecule has 0 aromatic heterocycles. The number of allylic oxidation sites excluding steroid dienone is 1. The Kier molecular flexibility index (Phi) is 5.68. The number of hydrogen-bond acceptors (Lipinski definition) is 1. The minimum absolute atomic E-state index is 2.04. The maximum absolute atomic E-state index is 13.4. The lowest BCUT2D eigenvalue weighted by atomic mass is 9.90. The van der Waals surface area contributed by atoms with Gasteiger partial charge in [0.15, 0.2) is 0 Å². The Morgan fingerprint density at radius 1 is 0.783 bits per heavy atom. The van der Waals surface area contributed by atoms with E-state index in [2.05, 4.69) is 0 Å². The normalized spacial score (nSPS) is 19.7. The maximum atomic E-state index is 13.4. The molecule has 0 saturated carbocycles. The molecule has 0 rings (SSSR count). The third-order valence-corrected chi connectivity index (χ3v) is 2.44. The molecule has 0 aromatic carbocycles. The third-order valence-electron chi connectivity index (χ3n) is 2.44. The molecule has 0 heterocycles. The summed E-state index contributed by atoms with van der Waals surface area (Å²) in [5, 5.41) is 8.21. The first kappa shape index (κ1) is 21.4. The van der Waals surface area contributed by atoms with Crippen LogP contribution in [-0.4, -0.2) is 47.6 Å². The van der Waals surface area contributed by atoms with Gasteiger partial charge in [-0.25, -0.2) is 31.1 Å². The van der Waals surface area contributed by atoms with Crippen molar-refractivity contribution in [1.29, 1.82) is 0 Å². The van der Waals surface area contributed by atoms with Gasteiger partial charge in [0.05, 0.1) is 5.57 Å². The van der Waals surface area contributed by atoms with Gasteiger partial charge in [0.2, 0.25) is 0 Å². The predicted octanol–water partition coefficient (Wildman–Crippen LogP) is 4.07. The van der Waals surface area contributed by atoms with Crippen molar-refractivity contribution >= 4 is 5.97 Å². The van der Waals surface area contributed by atoms with Crippen molar-refractivity contribution in [3.63, 3.8) is 0 Å². The number of hydrogen-bond donors (Lipinski definition) is 1. The molecule has 0 fully saturated rings. The molecule has 14 heteroatoms. The van der Waals surface area contributed by atoms with Crippen LogP contribution in [0.15, 0.2) is 11.6 Å². The molecule has 23 heavy (non-hydrogen) atoms. The summed E-state index contributed by atoms with van der Waals surface area (Å²) in [5.74, 6) is -3.43. The standard InChI is InChI=1S/C9H4F12O2/c10-4(11)6(14,8(16,17)18)1-2(3(22)23)7(15,5(12)13)9(19,20)21/h1,4-5H,(H,22,23). The van der Waals surface area contributed by atoms with Crippen LogP contribution in [0.4, 0.5) is 52.7 Å². The van der Waals surface area contributed by atoms with Gasteiger partial charge in [0, 0.05) is 0 Å². The number of aliphatic carboxylic acids is 1. The smallest absolute Gasteiger partial charge is 0.432 e. The Morgan fingerprint density at radius 2 is 1.17 bits per heavy atom. The van der Waals surface area contributed by atoms with Crippen molar-refractivity contribution in [2.45, 2.75) is 36.5 Å². The first-order chi connectivity index (χ1) is 9.93. The van der Waals surface area contributed by atoms with E-state index in [0.29, 0.717) is 0 Å². The highest BCUT2D eigenvalue weighted by Crippen LogP contribution is 2.48. The average Bonchev–Trinajstić information content (AvgIpc) is 2.30. The predicted molar refractivity (Wildman–Crippen MR) is 47.5 cm³/mol. The molecule has 0 aliphatic carbocycles. The van der Waals surface area contributed by atoms with Crippen molar-refractivity contribution in [2.75, 3.05) is 0 Å². The second-order valence-electron chi connectivity index (χ2n) is 3.94. The molecule has 0 aliphatic heterocycles. The van der Waals surface area contributed by atoms with Crippen LogP contribution in [0.25, 0.3) is 0 Å². The van der Waals surface area contributed by atoms with E-state index in [9.17, 15) is 57.5 Å². The number of alkyl halides is 12. The van der Waals surface area contributed by atoms with E-state index in [1.165, 1.54) is 0 Å². The minimum Gasteiger partial charge on any atom is -0.478 e. The van der Waals surface area contributed by atoms with Crippen molar-refractivity contribution in [2.24, 2.45) is 0 Å². The summed E-state index contributed by atoms with van der Waals surface area (Å²) in [6, 6.07) is 0. The van der Waals surface area contributed by atoms with Crippen LogP contribution in [0, 0.1) is 0 Å². The first-order valence-electron chi connectivity index (χ1n) is 4.97. The molecule has 2 nitrogen and oxygen atoms in total. The van der Waals surface area contributed by atoms with Crippen molar-refractivity contribution in [1.82, 2.24) is 0 Å². The molecule has 0 spiro atoms. The number of rotatable bonds is 5. The van der Waals surface area contributed by atoms with E-state index < -0.39 is 54.2 Å². The largest absolute Gasteiger partial charge is 0.478 e. The third kappa shape index (κ3) is 3.65. The monoisotopic (exact) mass is 372 g/mol. The Labute approximate surface area is 118 Å². The summed E-state index contributed by atoms with van der Waals surface area (Å²) in [7, 11) is 0. The molecular formula is C9H4F12O2. The summed E-state index contributed by atoms with van der Waals surface area (Å²) in [6.07, 6.45) is -26.1. The molecule has 1 N–H and O–H groups in total. The molecule has 0 aliphatic rings. The molecule has 0 saturated heterocycles. The van der Waals surface area contributed by atoms with Gasteiger partial charge < -0.3 is 5.11 Å². The number of carbonyl (C=O) groups is 1. The molecule has 0 radical (unpaired) electrons. The van der Waals surface area contributed by atoms with Crippen LogP contribution >= 0.6 is 0 Å². The first-order valence-corrected chi connectivity index (χ1v) is 4.97. The van der Waals surface area contributed by atoms with E-state index >= 15 is 0 Å². The average molecular weight is 372 g/mol. The Hall–Kier alpha value is -1.63. The van der Waals surface area contributed by atoms with E-state index in [-0.39, 0.29) is 0 Å². The number of halogens is 12. The zero-order valence-corrected chi connectivity index (χ0v) is 10.1. The van der Waals surface area contributed by atoms with Gasteiger partial charge in [0.1, 0.15) is 0 Å². The zero-order chi connectivity index (χ0) is 19.0. The fraction of sp³-hybridized carbons (Fsp3) is 0.667. The summed E-state index contributed by atoms with van der Waals surface area (Å²) in [4.78, 5) is 10.4. The van der Waals surface area contributed by atoms with E-state index in [4.69, 9.17) is 5.11 Å². The van der Waals surface area contributed by atoms with Gasteiger partial charge in [-0.15, -0.1) is 0 Å². The van der Waals surface area contributed by atoms with Crippen LogP contribution < -0.4 is 0 Å². The molecule has 0 bridgehead atoms. The van der Waals surface area contributed by atoms with E-state index in [1.807, 2.05) is 0 Å². The van der Waals surface area contributed by atoms with Crippen LogP contribution in [-0.2, 0) is 4.79 Å². The lowest BCUT2D eigenvalue weighted by Gasteiger charge is -2.30. The van der Waals surface area contributed by atoms with E-state index in [1.54, 1.807) is 0 Å². The number of carboxylic acid groups (broad SMARTS) is 1. The molecular weight excluding hydrogens is 368 g/mol. The maximum Gasteiger partial charge on any atom is 0.432 e. The summed E-state index contributed by atoms with van der Waals surface area (Å²) < 4.78 is 149. The van der Waals surface area contributed by atoms with E-state index in [0.717, 1.165) is 0 Å². The highest BCUT2D eigenvalue weighted by Gasteiger charge is 2.70. The molecule has 136 valence electrons. The Bertz CT molecular complexity index is 478. The summed E-state index contributed by atoms with van der Waals surface area (Å²) in [5.41, 5.74) is -16.0. The second-order valence-corrected chi connectivity index (χ2v) is 3.94. The summed E-state index contributed by atoms with van der Waals surface area (Å²) in [6.45, 7) is 0. The van der Waals surface area contributed by atoms with Gasteiger partial charge in [-0.2, -0.15) is 26.3 Å². The Balaban J connectivity index is 6.65. The topological polar surface area (TPSA) is 37.3 Å². The lowest BCUT2D eigenvalue weighted by Crippen LogP contribution is -2.53. The van der Waals surface area contributed by atoms with Crippen molar-refractivity contribution < 1.29 is 62.6 Å². The van der Waals surface area contributed by atoms with Crippen LogP contribution in [0.3, 0.4) is 0 Å². The van der Waals surface area contributed by atoms with Crippen LogP contribution in [0.2, 0.25) is 0 Å². The summed E-state index contributed by atoms with van der Waals surface area (Å²) >= 11 is 0. The zero-order valence-electron chi connectivity index (χ0n) is 10.1. The van der Waals surface area contributed by atoms with Gasteiger partial charge in [-0.3, -0.25) is 0 Å². The second kappa shape index (κ2) is 6.11. The van der Waals surface area contributed by atoms with Crippen LogP contribution in [0.5, 0.6) is 0 Å². The fourth-order valence-electron chi connectivity index (χ4n) is 1.19. The van der Waals surface area contributed by atoms with Crippen LogP contribution in [0.1, 0.15) is 0 Å². The lowest BCUT2D eigenvalue weighted by molar-refractivity contribution is -0.259. The molecule has 0 amide bonds. The number of carboxylic acids is 1. The minimum atomic E-state index is -6.83. The molecule has 2 unspecified atom stereocenters. The Morgan fingerprint density at radius 3 is 1.35 bits per heavy atom. The highest BCUT2D eigenvalue weighted by atomic mass is 19.4. The highest BCUT2D eigenvalue weighted by molar-refractivity contribution is 5.89.